The van der Waals surface area contributed by atoms with Crippen molar-refractivity contribution in [2.75, 3.05) is 37.6 Å². The number of hydrogen-bond acceptors (Lipinski definition) is 4. The number of unbranched alkanes of at least 4 members (excludes halogenated alkanes) is 3. The topological polar surface area (TPSA) is 49.9 Å². The van der Waals surface area contributed by atoms with Gasteiger partial charge in [0.2, 0.25) is 0 Å². The van der Waals surface area contributed by atoms with E-state index >= 15 is 0 Å². The number of sulfonamides is 1. The number of rotatable bonds is 15. The van der Waals surface area contributed by atoms with Crippen LogP contribution in [0, 0.1) is 0 Å². The van der Waals surface area contributed by atoms with Crippen molar-refractivity contribution in [3.63, 3.8) is 0 Å². The summed E-state index contributed by atoms with van der Waals surface area (Å²) < 4.78 is 33.6. The molecule has 2 rings (SSSR count). The van der Waals surface area contributed by atoms with Crippen molar-refractivity contribution >= 4 is 31.6 Å². The maximum Gasteiger partial charge on any atom is 0.264 e. The van der Waals surface area contributed by atoms with Crippen LogP contribution in [-0.2, 0) is 10.0 Å². The molecule has 0 amide bonds. The molecule has 174 valence electrons. The van der Waals surface area contributed by atoms with E-state index in [-0.39, 0.29) is 4.90 Å². The van der Waals surface area contributed by atoms with Gasteiger partial charge in [-0.1, -0.05) is 40.9 Å². The lowest BCUT2D eigenvalue weighted by Gasteiger charge is -2.20. The summed E-state index contributed by atoms with van der Waals surface area (Å²) in [5.41, 5.74) is 0.587. The third-order valence-electron chi connectivity index (χ3n) is 5.08. The van der Waals surface area contributed by atoms with E-state index in [0.717, 1.165) is 55.5 Å². The minimum Gasteiger partial charge on any atom is -0.494 e. The highest BCUT2D eigenvalue weighted by Crippen LogP contribution is 2.25. The van der Waals surface area contributed by atoms with Crippen molar-refractivity contribution in [2.45, 2.75) is 30.6 Å². The lowest BCUT2D eigenvalue weighted by atomic mass is 10.2. The zero-order chi connectivity index (χ0) is 23.4. The molecule has 0 aromatic heterocycles. The molecule has 0 atom stereocenters. The van der Waals surface area contributed by atoms with E-state index in [1.165, 1.54) is 4.31 Å². The highest BCUT2D eigenvalue weighted by Gasteiger charge is 2.21. The van der Waals surface area contributed by atoms with Gasteiger partial charge in [-0.2, -0.15) is 0 Å². The largest absolute Gasteiger partial charge is 0.494 e. The fourth-order valence-corrected chi connectivity index (χ4v) is 4.72. The normalized spacial score (nSPS) is 11.3. The van der Waals surface area contributed by atoms with E-state index in [1.54, 1.807) is 43.4 Å². The highest BCUT2D eigenvalue weighted by molar-refractivity contribution is 9.10. The van der Waals surface area contributed by atoms with Crippen molar-refractivity contribution < 1.29 is 13.2 Å². The zero-order valence-electron chi connectivity index (χ0n) is 18.7. The molecule has 7 heteroatoms. The fraction of sp³-hybridized carbons (Fsp3) is 0.360. The second kappa shape index (κ2) is 13.5. The van der Waals surface area contributed by atoms with Gasteiger partial charge in [-0.25, -0.2) is 8.42 Å². The minimum atomic E-state index is -3.61. The number of hydrogen-bond donors (Lipinski definition) is 0. The molecular formula is C25H33BrN2O3S. The molecule has 2 aromatic rings. The van der Waals surface area contributed by atoms with Gasteiger partial charge in [0.05, 0.1) is 17.2 Å². The molecule has 0 saturated heterocycles. The Labute approximate surface area is 201 Å². The summed E-state index contributed by atoms with van der Waals surface area (Å²) in [5.74, 6) is 0.742. The standard InChI is InChI=1S/C25H33BrN2O3S/c1-4-18-28(19-5-2)20-8-6-7-9-21-31-24-14-12-23(13-15-24)27(3)32(29,30)25-16-10-22(26)11-17-25/h4-5,10-17H,1-2,6-9,18-21H2,3H3. The monoisotopic (exact) mass is 520 g/mol. The first-order valence-electron chi connectivity index (χ1n) is 10.8. The molecule has 0 saturated carbocycles. The summed E-state index contributed by atoms with van der Waals surface area (Å²) >= 11 is 3.33. The minimum absolute atomic E-state index is 0.251. The van der Waals surface area contributed by atoms with Gasteiger partial charge >= 0.3 is 0 Å². The zero-order valence-corrected chi connectivity index (χ0v) is 21.2. The number of anilines is 1. The maximum absolute atomic E-state index is 12.8. The molecule has 0 radical (unpaired) electrons. The van der Waals surface area contributed by atoms with E-state index < -0.39 is 10.0 Å². The molecule has 0 aliphatic rings. The van der Waals surface area contributed by atoms with E-state index in [4.69, 9.17) is 4.74 Å². The quantitative estimate of drug-likeness (QED) is 0.217. The van der Waals surface area contributed by atoms with E-state index in [9.17, 15) is 8.42 Å². The van der Waals surface area contributed by atoms with Crippen molar-refractivity contribution in [3.05, 3.63) is 78.3 Å². The van der Waals surface area contributed by atoms with E-state index in [0.29, 0.717) is 12.3 Å². The summed E-state index contributed by atoms with van der Waals surface area (Å²) in [6.45, 7) is 11.1. The Hall–Kier alpha value is -2.09. The molecule has 0 bridgehead atoms. The van der Waals surface area contributed by atoms with Gasteiger partial charge in [-0.3, -0.25) is 9.21 Å². The summed E-state index contributed by atoms with van der Waals surface area (Å²) in [6, 6.07) is 13.8. The van der Waals surface area contributed by atoms with Gasteiger partial charge in [-0.15, -0.1) is 13.2 Å². The first kappa shape index (κ1) is 26.2. The summed E-state index contributed by atoms with van der Waals surface area (Å²) in [4.78, 5) is 2.58. The van der Waals surface area contributed by atoms with Crippen LogP contribution in [0.25, 0.3) is 0 Å². The second-order valence-corrected chi connectivity index (χ2v) is 10.4. The highest BCUT2D eigenvalue weighted by atomic mass is 79.9. The summed E-state index contributed by atoms with van der Waals surface area (Å²) in [5, 5.41) is 0. The number of halogens is 1. The van der Waals surface area contributed by atoms with Gasteiger partial charge in [0.25, 0.3) is 10.0 Å². The number of benzene rings is 2. The first-order valence-corrected chi connectivity index (χ1v) is 13.0. The second-order valence-electron chi connectivity index (χ2n) is 7.52. The smallest absolute Gasteiger partial charge is 0.264 e. The van der Waals surface area contributed by atoms with Gasteiger partial charge in [0.1, 0.15) is 5.75 Å². The molecular weight excluding hydrogens is 488 g/mol. The molecule has 0 spiro atoms. The Kier molecular flexibility index (Phi) is 11.0. The Bertz CT molecular complexity index is 934. The van der Waals surface area contributed by atoms with Crippen molar-refractivity contribution in [1.29, 1.82) is 0 Å². The van der Waals surface area contributed by atoms with Crippen molar-refractivity contribution in [3.8, 4) is 5.75 Å². The van der Waals surface area contributed by atoms with Crippen LogP contribution in [-0.4, -0.2) is 46.6 Å². The van der Waals surface area contributed by atoms with E-state index in [2.05, 4.69) is 34.0 Å². The van der Waals surface area contributed by atoms with Crippen LogP contribution in [0.4, 0.5) is 5.69 Å². The first-order chi connectivity index (χ1) is 15.4. The lowest BCUT2D eigenvalue weighted by Crippen LogP contribution is -2.26. The molecule has 5 nitrogen and oxygen atoms in total. The van der Waals surface area contributed by atoms with Crippen molar-refractivity contribution in [2.24, 2.45) is 0 Å². The molecule has 0 N–H and O–H groups in total. The summed E-state index contributed by atoms with van der Waals surface area (Å²) in [6.07, 6.45) is 8.26. The van der Waals surface area contributed by atoms with Crippen LogP contribution < -0.4 is 9.04 Å². The van der Waals surface area contributed by atoms with Crippen LogP contribution in [0.15, 0.2) is 83.2 Å². The fourth-order valence-electron chi connectivity index (χ4n) is 3.26. The Balaban J connectivity index is 1.75. The van der Waals surface area contributed by atoms with Crippen LogP contribution >= 0.6 is 15.9 Å². The number of ether oxygens (including phenoxy) is 1. The maximum atomic E-state index is 12.8. The number of nitrogens with zero attached hydrogens (tertiary/aromatic N) is 2. The SMILES string of the molecule is C=CCN(CC=C)CCCCCCOc1ccc(N(C)S(=O)(=O)c2ccc(Br)cc2)cc1. The average molecular weight is 522 g/mol. The lowest BCUT2D eigenvalue weighted by molar-refractivity contribution is 0.296. The molecule has 0 aliphatic heterocycles. The molecule has 32 heavy (non-hydrogen) atoms. The van der Waals surface area contributed by atoms with E-state index in [1.807, 2.05) is 24.3 Å². The molecule has 0 fully saturated rings. The Morgan fingerprint density at radius 3 is 2.09 bits per heavy atom. The van der Waals surface area contributed by atoms with Crippen LogP contribution in [0.5, 0.6) is 5.75 Å². The molecule has 0 heterocycles. The molecule has 2 aromatic carbocycles. The third kappa shape index (κ3) is 8.11. The third-order valence-corrected chi connectivity index (χ3v) is 7.41. The average Bonchev–Trinajstić information content (AvgIpc) is 2.79. The van der Waals surface area contributed by atoms with Crippen molar-refractivity contribution in [1.82, 2.24) is 4.90 Å². The molecule has 0 unspecified atom stereocenters. The van der Waals surface area contributed by atoms with Crippen LogP contribution in [0.2, 0.25) is 0 Å². The van der Waals surface area contributed by atoms with Crippen LogP contribution in [0.3, 0.4) is 0 Å². The van der Waals surface area contributed by atoms with Gasteiger partial charge in [0.15, 0.2) is 0 Å². The Morgan fingerprint density at radius 1 is 0.906 bits per heavy atom. The van der Waals surface area contributed by atoms with Gasteiger partial charge in [-0.05, 0) is 67.9 Å². The molecule has 0 aliphatic carbocycles. The predicted octanol–water partition coefficient (Wildman–Crippen LogP) is 5.89. The predicted molar refractivity (Wildman–Crippen MR) is 137 cm³/mol. The van der Waals surface area contributed by atoms with Gasteiger partial charge < -0.3 is 4.74 Å². The summed E-state index contributed by atoms with van der Waals surface area (Å²) in [7, 11) is -2.05. The van der Waals surface area contributed by atoms with Gasteiger partial charge in [0, 0.05) is 24.6 Å². The Morgan fingerprint density at radius 2 is 1.50 bits per heavy atom. The van der Waals surface area contributed by atoms with Crippen LogP contribution in [0.1, 0.15) is 25.7 Å².